The van der Waals surface area contributed by atoms with Crippen LogP contribution in [0.25, 0.3) is 0 Å². The number of anilines is 1. The molecule has 2 rings (SSSR count). The molecule has 1 fully saturated rings. The second kappa shape index (κ2) is 6.00. The summed E-state index contributed by atoms with van der Waals surface area (Å²) in [6, 6.07) is 0.461. The topological polar surface area (TPSA) is 83.6 Å². The SMILES string of the molecule is CC1CCN(S(=O)(=O)c2cc(Cl)c(Br)c(N)c2F)C1CO. The van der Waals surface area contributed by atoms with E-state index in [1.807, 2.05) is 6.92 Å². The van der Waals surface area contributed by atoms with Gasteiger partial charge in [-0.2, -0.15) is 4.31 Å². The van der Waals surface area contributed by atoms with Crippen LogP contribution in [0.2, 0.25) is 5.02 Å². The van der Waals surface area contributed by atoms with Crippen molar-refractivity contribution in [3.8, 4) is 0 Å². The van der Waals surface area contributed by atoms with Gasteiger partial charge in [0.2, 0.25) is 10.0 Å². The normalized spacial score (nSPS) is 23.7. The van der Waals surface area contributed by atoms with Gasteiger partial charge >= 0.3 is 0 Å². The first-order valence-electron chi connectivity index (χ1n) is 6.27. The Bertz CT molecular complexity index is 671. The van der Waals surface area contributed by atoms with E-state index in [0.29, 0.717) is 6.42 Å². The van der Waals surface area contributed by atoms with Crippen molar-refractivity contribution in [3.05, 3.63) is 21.4 Å². The summed E-state index contributed by atoms with van der Waals surface area (Å²) in [7, 11) is -4.11. The molecule has 0 spiro atoms. The molecule has 21 heavy (non-hydrogen) atoms. The van der Waals surface area contributed by atoms with Gasteiger partial charge in [-0.25, -0.2) is 12.8 Å². The van der Waals surface area contributed by atoms with Gasteiger partial charge in [0.1, 0.15) is 4.90 Å². The minimum Gasteiger partial charge on any atom is -0.395 e. The third kappa shape index (κ3) is 2.79. The number of aliphatic hydroxyl groups is 1. The molecule has 1 aliphatic heterocycles. The number of benzene rings is 1. The number of halogens is 3. The average molecular weight is 402 g/mol. The van der Waals surface area contributed by atoms with Gasteiger partial charge in [0.15, 0.2) is 5.82 Å². The molecule has 1 saturated heterocycles. The molecule has 0 amide bonds. The van der Waals surface area contributed by atoms with E-state index in [0.717, 1.165) is 10.4 Å². The third-order valence-corrected chi connectivity index (χ3v) is 7.07. The Morgan fingerprint density at radius 1 is 1.62 bits per heavy atom. The predicted molar refractivity (Wildman–Crippen MR) is 82.1 cm³/mol. The molecule has 1 aromatic carbocycles. The van der Waals surface area contributed by atoms with Crippen LogP contribution in [-0.2, 0) is 10.0 Å². The minimum absolute atomic E-state index is 0.00361. The molecule has 0 aliphatic carbocycles. The van der Waals surface area contributed by atoms with E-state index in [2.05, 4.69) is 15.9 Å². The number of hydrogen-bond acceptors (Lipinski definition) is 4. The van der Waals surface area contributed by atoms with Crippen LogP contribution in [0.4, 0.5) is 10.1 Å². The summed E-state index contributed by atoms with van der Waals surface area (Å²) in [6.45, 7) is 1.75. The molecule has 1 aliphatic rings. The summed E-state index contributed by atoms with van der Waals surface area (Å²) in [5.74, 6) is -1.04. The van der Waals surface area contributed by atoms with E-state index in [9.17, 15) is 17.9 Å². The van der Waals surface area contributed by atoms with Crippen molar-refractivity contribution >= 4 is 43.2 Å². The standard InChI is InChI=1S/C12H15BrClFN2O3S/c1-6-2-3-17(8(6)5-18)21(19,20)9-4-7(14)10(13)12(16)11(9)15/h4,6,8,18H,2-3,5,16H2,1H3. The van der Waals surface area contributed by atoms with Gasteiger partial charge < -0.3 is 10.8 Å². The van der Waals surface area contributed by atoms with Crippen LogP contribution in [0.5, 0.6) is 0 Å². The molecule has 2 atom stereocenters. The molecule has 1 aromatic rings. The van der Waals surface area contributed by atoms with Crippen LogP contribution in [-0.4, -0.2) is 37.0 Å². The maximum Gasteiger partial charge on any atom is 0.246 e. The van der Waals surface area contributed by atoms with Gasteiger partial charge in [0.05, 0.1) is 27.8 Å². The molecule has 3 N–H and O–H groups in total. The zero-order valence-corrected chi connectivity index (χ0v) is 14.3. The second-order valence-corrected chi connectivity index (χ2v) is 8.09. The summed E-state index contributed by atoms with van der Waals surface area (Å²) < 4.78 is 40.7. The number of hydrogen-bond donors (Lipinski definition) is 2. The Kier molecular flexibility index (Phi) is 4.84. The lowest BCUT2D eigenvalue weighted by Crippen LogP contribution is -2.40. The Morgan fingerprint density at radius 2 is 2.24 bits per heavy atom. The maximum absolute atomic E-state index is 14.2. The lowest BCUT2D eigenvalue weighted by Gasteiger charge is -2.25. The molecule has 0 bridgehead atoms. The fraction of sp³-hybridized carbons (Fsp3) is 0.500. The van der Waals surface area contributed by atoms with Crippen molar-refractivity contribution < 1.29 is 17.9 Å². The van der Waals surface area contributed by atoms with Gasteiger partial charge in [-0.1, -0.05) is 18.5 Å². The number of nitrogens with zero attached hydrogens (tertiary/aromatic N) is 1. The van der Waals surface area contributed by atoms with E-state index in [1.165, 1.54) is 0 Å². The molecule has 0 radical (unpaired) electrons. The second-order valence-electron chi connectivity index (χ2n) is 5.03. The Hall–Kier alpha value is -0.410. The van der Waals surface area contributed by atoms with Gasteiger partial charge in [-0.05, 0) is 34.3 Å². The fourth-order valence-corrected chi connectivity index (χ4v) is 4.85. The molecular weight excluding hydrogens is 387 g/mol. The van der Waals surface area contributed by atoms with Gasteiger partial charge in [0.25, 0.3) is 0 Å². The molecular formula is C12H15BrClFN2O3S. The lowest BCUT2D eigenvalue weighted by atomic mass is 10.0. The van der Waals surface area contributed by atoms with E-state index in [-0.39, 0.29) is 34.3 Å². The van der Waals surface area contributed by atoms with Crippen molar-refractivity contribution in [1.82, 2.24) is 4.31 Å². The molecule has 1 heterocycles. The van der Waals surface area contributed by atoms with Crippen LogP contribution >= 0.6 is 27.5 Å². The molecule has 2 unspecified atom stereocenters. The predicted octanol–water partition coefficient (Wildman–Crippen LogP) is 2.22. The Balaban J connectivity index is 2.55. The van der Waals surface area contributed by atoms with E-state index in [4.69, 9.17) is 17.3 Å². The minimum atomic E-state index is -4.11. The summed E-state index contributed by atoms with van der Waals surface area (Å²) in [5.41, 5.74) is 5.18. The number of nitrogens with two attached hydrogens (primary N) is 1. The summed E-state index contributed by atoms with van der Waals surface area (Å²) in [6.07, 6.45) is 0.603. The van der Waals surface area contributed by atoms with Crippen molar-refractivity contribution in [2.45, 2.75) is 24.3 Å². The lowest BCUT2D eigenvalue weighted by molar-refractivity contribution is 0.191. The number of nitrogen functional groups attached to an aromatic ring is 1. The fourth-order valence-electron chi connectivity index (χ4n) is 2.46. The highest BCUT2D eigenvalue weighted by Crippen LogP contribution is 2.37. The largest absolute Gasteiger partial charge is 0.395 e. The van der Waals surface area contributed by atoms with Crippen LogP contribution in [0.1, 0.15) is 13.3 Å². The van der Waals surface area contributed by atoms with Crippen LogP contribution in [0, 0.1) is 11.7 Å². The van der Waals surface area contributed by atoms with Crippen molar-refractivity contribution in [3.63, 3.8) is 0 Å². The first-order chi connectivity index (χ1) is 9.71. The van der Waals surface area contributed by atoms with E-state index in [1.54, 1.807) is 0 Å². The van der Waals surface area contributed by atoms with Crippen molar-refractivity contribution in [2.24, 2.45) is 5.92 Å². The zero-order valence-electron chi connectivity index (χ0n) is 11.2. The molecule has 0 saturated carbocycles. The van der Waals surface area contributed by atoms with E-state index < -0.39 is 26.8 Å². The number of rotatable bonds is 3. The smallest absolute Gasteiger partial charge is 0.246 e. The van der Waals surface area contributed by atoms with Gasteiger partial charge in [-0.3, -0.25) is 0 Å². The van der Waals surface area contributed by atoms with Crippen molar-refractivity contribution in [1.29, 1.82) is 0 Å². The molecule has 9 heteroatoms. The monoisotopic (exact) mass is 400 g/mol. The average Bonchev–Trinajstić information content (AvgIpc) is 2.82. The van der Waals surface area contributed by atoms with E-state index >= 15 is 0 Å². The first kappa shape index (κ1) is 17.0. The molecule has 118 valence electrons. The maximum atomic E-state index is 14.2. The van der Waals surface area contributed by atoms with Gasteiger partial charge in [0, 0.05) is 6.54 Å². The van der Waals surface area contributed by atoms with Crippen LogP contribution in [0.3, 0.4) is 0 Å². The van der Waals surface area contributed by atoms with Crippen molar-refractivity contribution in [2.75, 3.05) is 18.9 Å². The summed E-state index contributed by atoms with van der Waals surface area (Å²) >= 11 is 8.88. The third-order valence-electron chi connectivity index (χ3n) is 3.76. The molecule has 5 nitrogen and oxygen atoms in total. The summed E-state index contributed by atoms with van der Waals surface area (Å²) in [4.78, 5) is -0.569. The highest BCUT2D eigenvalue weighted by Gasteiger charge is 2.40. The highest BCUT2D eigenvalue weighted by atomic mass is 79.9. The number of aliphatic hydroxyl groups excluding tert-OH is 1. The molecule has 0 aromatic heterocycles. The van der Waals surface area contributed by atoms with Gasteiger partial charge in [-0.15, -0.1) is 0 Å². The Morgan fingerprint density at radius 3 is 2.81 bits per heavy atom. The Labute approximate surface area is 136 Å². The van der Waals surface area contributed by atoms with Crippen LogP contribution < -0.4 is 5.73 Å². The van der Waals surface area contributed by atoms with Crippen LogP contribution in [0.15, 0.2) is 15.4 Å². The number of sulfonamides is 1. The zero-order chi connectivity index (χ0) is 15.9. The highest BCUT2D eigenvalue weighted by molar-refractivity contribution is 9.10. The summed E-state index contributed by atoms with van der Waals surface area (Å²) in [5, 5.41) is 9.40. The quantitative estimate of drug-likeness (QED) is 0.601. The first-order valence-corrected chi connectivity index (χ1v) is 8.88.